The van der Waals surface area contributed by atoms with Crippen LogP contribution < -0.4 is 10.1 Å². The summed E-state index contributed by atoms with van der Waals surface area (Å²) in [5, 5.41) is 7.52. The summed E-state index contributed by atoms with van der Waals surface area (Å²) < 4.78 is 20.3. The second kappa shape index (κ2) is 9.65. The van der Waals surface area contributed by atoms with Gasteiger partial charge in [-0.25, -0.2) is 14.1 Å². The highest BCUT2D eigenvalue weighted by Gasteiger charge is 2.18. The third-order valence-corrected chi connectivity index (χ3v) is 5.41. The fourth-order valence-corrected chi connectivity index (χ4v) is 3.69. The molecule has 0 bridgehead atoms. The number of halogens is 1. The highest BCUT2D eigenvalue weighted by atomic mass is 19.1. The van der Waals surface area contributed by atoms with E-state index in [1.807, 2.05) is 44.2 Å². The lowest BCUT2D eigenvalue weighted by molar-refractivity contribution is 0.0936. The minimum Gasteiger partial charge on any atom is -0.497 e. The Hall–Kier alpha value is -4.00. The summed E-state index contributed by atoms with van der Waals surface area (Å²) in [4.78, 5) is 17.5. The van der Waals surface area contributed by atoms with Gasteiger partial charge in [0.05, 0.1) is 24.4 Å². The highest BCUT2D eigenvalue weighted by molar-refractivity contribution is 5.94. The van der Waals surface area contributed by atoms with Crippen molar-refractivity contribution >= 4 is 5.91 Å². The number of pyridine rings is 1. The standard InChI is InChI=1S/C26H25FN4O2/c1-17-14-18(2)31(30-17)25-13-8-21(16-28-25)26(32)29-24(15-19-4-9-22(27)10-5-19)20-6-11-23(33-3)12-7-20/h4-14,16,24H,15H2,1-3H3,(H,29,32). The van der Waals surface area contributed by atoms with Crippen LogP contribution in [0.4, 0.5) is 4.39 Å². The first-order chi connectivity index (χ1) is 15.9. The van der Waals surface area contributed by atoms with E-state index in [1.165, 1.54) is 12.1 Å². The first kappa shape index (κ1) is 22.2. The molecule has 0 saturated heterocycles. The molecule has 2 heterocycles. The Morgan fingerprint density at radius 1 is 1.06 bits per heavy atom. The van der Waals surface area contributed by atoms with Crippen molar-refractivity contribution in [3.8, 4) is 11.6 Å². The second-order valence-corrected chi connectivity index (χ2v) is 7.87. The molecule has 0 aliphatic heterocycles. The number of rotatable bonds is 7. The average molecular weight is 445 g/mol. The number of carbonyl (C=O) groups is 1. The van der Waals surface area contributed by atoms with E-state index in [0.717, 1.165) is 28.3 Å². The summed E-state index contributed by atoms with van der Waals surface area (Å²) in [6.45, 7) is 3.88. The van der Waals surface area contributed by atoms with Crippen LogP contribution in [0.25, 0.3) is 5.82 Å². The average Bonchev–Trinajstić information content (AvgIpc) is 3.18. The molecule has 0 spiro atoms. The summed E-state index contributed by atoms with van der Waals surface area (Å²) in [5.41, 5.74) is 4.14. The largest absolute Gasteiger partial charge is 0.497 e. The molecular weight excluding hydrogens is 419 g/mol. The van der Waals surface area contributed by atoms with Crippen LogP contribution in [0.3, 0.4) is 0 Å². The molecule has 0 aliphatic rings. The molecule has 0 saturated carbocycles. The molecule has 4 aromatic rings. The maximum Gasteiger partial charge on any atom is 0.253 e. The molecule has 2 aromatic carbocycles. The van der Waals surface area contributed by atoms with E-state index in [2.05, 4.69) is 15.4 Å². The molecular formula is C26H25FN4O2. The lowest BCUT2D eigenvalue weighted by atomic mass is 9.98. The normalized spacial score (nSPS) is 11.8. The molecule has 168 valence electrons. The molecule has 0 radical (unpaired) electrons. The van der Waals surface area contributed by atoms with Gasteiger partial charge < -0.3 is 10.1 Å². The summed E-state index contributed by atoms with van der Waals surface area (Å²) in [6.07, 6.45) is 2.06. The molecule has 6 nitrogen and oxygen atoms in total. The van der Waals surface area contributed by atoms with Gasteiger partial charge in [-0.05, 0) is 73.9 Å². The van der Waals surface area contributed by atoms with Gasteiger partial charge in [-0.15, -0.1) is 0 Å². The predicted molar refractivity (Wildman–Crippen MR) is 124 cm³/mol. The Labute approximate surface area is 192 Å². The van der Waals surface area contributed by atoms with Crippen LogP contribution in [0.15, 0.2) is 72.9 Å². The number of amides is 1. The molecule has 1 atom stereocenters. The fourth-order valence-electron chi connectivity index (χ4n) is 3.69. The van der Waals surface area contributed by atoms with E-state index in [4.69, 9.17) is 4.74 Å². The number of carbonyl (C=O) groups excluding carboxylic acids is 1. The molecule has 7 heteroatoms. The summed E-state index contributed by atoms with van der Waals surface area (Å²) in [6, 6.07) is 19.0. The van der Waals surface area contributed by atoms with Crippen molar-refractivity contribution in [1.82, 2.24) is 20.1 Å². The Morgan fingerprint density at radius 3 is 2.36 bits per heavy atom. The van der Waals surface area contributed by atoms with Crippen molar-refractivity contribution < 1.29 is 13.9 Å². The third-order valence-electron chi connectivity index (χ3n) is 5.41. The number of ether oxygens (including phenoxy) is 1. The zero-order valence-corrected chi connectivity index (χ0v) is 18.7. The predicted octanol–water partition coefficient (Wildman–Crippen LogP) is 4.75. The number of benzene rings is 2. The highest BCUT2D eigenvalue weighted by Crippen LogP contribution is 2.22. The molecule has 0 aliphatic carbocycles. The van der Waals surface area contributed by atoms with Crippen molar-refractivity contribution in [2.75, 3.05) is 7.11 Å². The van der Waals surface area contributed by atoms with Gasteiger partial charge >= 0.3 is 0 Å². The zero-order valence-electron chi connectivity index (χ0n) is 18.7. The van der Waals surface area contributed by atoms with Crippen LogP contribution in [0.5, 0.6) is 5.75 Å². The van der Waals surface area contributed by atoms with Gasteiger partial charge in [-0.1, -0.05) is 24.3 Å². The van der Waals surface area contributed by atoms with Crippen molar-refractivity contribution in [2.24, 2.45) is 0 Å². The topological polar surface area (TPSA) is 69.0 Å². The zero-order chi connectivity index (χ0) is 23.4. The number of methoxy groups -OCH3 is 1. The van der Waals surface area contributed by atoms with Crippen molar-refractivity contribution in [1.29, 1.82) is 0 Å². The van der Waals surface area contributed by atoms with E-state index >= 15 is 0 Å². The number of hydrogen-bond donors (Lipinski definition) is 1. The van der Waals surface area contributed by atoms with Gasteiger partial charge in [0.2, 0.25) is 0 Å². The van der Waals surface area contributed by atoms with Gasteiger partial charge in [0.15, 0.2) is 5.82 Å². The van der Waals surface area contributed by atoms with Gasteiger partial charge in [0.25, 0.3) is 5.91 Å². The molecule has 1 N–H and O–H groups in total. The van der Waals surface area contributed by atoms with Gasteiger partial charge in [-0.2, -0.15) is 5.10 Å². The van der Waals surface area contributed by atoms with Crippen LogP contribution in [-0.2, 0) is 6.42 Å². The van der Waals surface area contributed by atoms with Gasteiger partial charge in [-0.3, -0.25) is 4.79 Å². The van der Waals surface area contributed by atoms with E-state index in [0.29, 0.717) is 17.8 Å². The van der Waals surface area contributed by atoms with E-state index in [9.17, 15) is 9.18 Å². The van der Waals surface area contributed by atoms with E-state index in [-0.39, 0.29) is 17.8 Å². The molecule has 1 unspecified atom stereocenters. The number of aryl methyl sites for hydroxylation is 2. The van der Waals surface area contributed by atoms with Crippen LogP contribution in [0.1, 0.15) is 38.9 Å². The smallest absolute Gasteiger partial charge is 0.253 e. The van der Waals surface area contributed by atoms with Crippen molar-refractivity contribution in [3.63, 3.8) is 0 Å². The molecule has 33 heavy (non-hydrogen) atoms. The van der Waals surface area contributed by atoms with Crippen LogP contribution in [-0.4, -0.2) is 27.8 Å². The van der Waals surface area contributed by atoms with Crippen molar-refractivity contribution in [2.45, 2.75) is 26.3 Å². The first-order valence-corrected chi connectivity index (χ1v) is 10.6. The lowest BCUT2D eigenvalue weighted by Gasteiger charge is -2.20. The Kier molecular flexibility index (Phi) is 6.49. The molecule has 2 aromatic heterocycles. The van der Waals surface area contributed by atoms with Gasteiger partial charge in [0.1, 0.15) is 11.6 Å². The van der Waals surface area contributed by atoms with Crippen molar-refractivity contribution in [3.05, 3.63) is 107 Å². The Balaban J connectivity index is 1.55. The number of aromatic nitrogens is 3. The number of hydrogen-bond acceptors (Lipinski definition) is 4. The van der Waals surface area contributed by atoms with Gasteiger partial charge in [0, 0.05) is 11.9 Å². The van der Waals surface area contributed by atoms with Crippen LogP contribution >= 0.6 is 0 Å². The number of nitrogens with one attached hydrogen (secondary N) is 1. The summed E-state index contributed by atoms with van der Waals surface area (Å²) in [7, 11) is 1.61. The molecule has 1 amide bonds. The minimum absolute atomic E-state index is 0.245. The summed E-state index contributed by atoms with van der Waals surface area (Å²) >= 11 is 0. The second-order valence-electron chi connectivity index (χ2n) is 7.87. The first-order valence-electron chi connectivity index (χ1n) is 10.6. The van der Waals surface area contributed by atoms with Crippen LogP contribution in [0.2, 0.25) is 0 Å². The molecule has 4 rings (SSSR count). The van der Waals surface area contributed by atoms with Crippen LogP contribution in [0, 0.1) is 19.7 Å². The Bertz CT molecular complexity index is 1230. The fraction of sp³-hybridized carbons (Fsp3) is 0.192. The monoisotopic (exact) mass is 444 g/mol. The third kappa shape index (κ3) is 5.26. The molecule has 0 fully saturated rings. The maximum atomic E-state index is 13.3. The maximum absolute atomic E-state index is 13.3. The SMILES string of the molecule is COc1ccc(C(Cc2ccc(F)cc2)NC(=O)c2ccc(-n3nc(C)cc3C)nc2)cc1. The quantitative estimate of drug-likeness (QED) is 0.447. The summed E-state index contributed by atoms with van der Waals surface area (Å²) in [5.74, 6) is 0.840. The number of nitrogens with zero attached hydrogens (tertiary/aromatic N) is 3. The Morgan fingerprint density at radius 2 is 1.79 bits per heavy atom. The minimum atomic E-state index is -0.315. The van der Waals surface area contributed by atoms with E-state index in [1.54, 1.807) is 42.3 Å². The lowest BCUT2D eigenvalue weighted by Crippen LogP contribution is -2.30. The van der Waals surface area contributed by atoms with E-state index < -0.39 is 0 Å².